The first-order chi connectivity index (χ1) is 7.95. The quantitative estimate of drug-likeness (QED) is 0.847. The lowest BCUT2D eigenvalue weighted by atomic mass is 10.1. The molecule has 0 aliphatic rings. The van der Waals surface area contributed by atoms with Gasteiger partial charge in [0.05, 0.1) is 0 Å². The number of hydrogen-bond donors (Lipinski definition) is 2. The van der Waals surface area contributed by atoms with Gasteiger partial charge in [-0.15, -0.1) is 0 Å². The van der Waals surface area contributed by atoms with E-state index in [9.17, 15) is 18.0 Å². The number of carbonyl (C=O) groups excluding carboxylic acids is 1. The zero-order chi connectivity index (χ0) is 13.0. The van der Waals surface area contributed by atoms with Crippen LogP contribution >= 0.6 is 0 Å². The fourth-order valence-corrected chi connectivity index (χ4v) is 1.38. The molecule has 94 valence electrons. The van der Waals surface area contributed by atoms with Crippen molar-refractivity contribution in [2.45, 2.75) is 19.4 Å². The minimum atomic E-state index is -1.22. The van der Waals surface area contributed by atoms with Gasteiger partial charge in [-0.25, -0.2) is 13.2 Å². The topological polar surface area (TPSA) is 55.1 Å². The van der Waals surface area contributed by atoms with E-state index in [1.165, 1.54) is 0 Å². The number of benzene rings is 1. The average molecular weight is 246 g/mol. The highest BCUT2D eigenvalue weighted by Gasteiger charge is 2.19. The lowest BCUT2D eigenvalue weighted by molar-refractivity contribution is 0.0930. The summed E-state index contributed by atoms with van der Waals surface area (Å²) in [6.45, 7) is 2.00. The number of halogens is 3. The molecule has 0 heterocycles. The Balaban J connectivity index is 2.89. The molecule has 1 aromatic rings. The number of carbonyl (C=O) groups is 1. The van der Waals surface area contributed by atoms with Crippen molar-refractivity contribution in [3.05, 3.63) is 35.1 Å². The van der Waals surface area contributed by atoms with Gasteiger partial charge >= 0.3 is 0 Å². The van der Waals surface area contributed by atoms with Crippen LogP contribution < -0.4 is 11.1 Å². The van der Waals surface area contributed by atoms with Gasteiger partial charge in [0.1, 0.15) is 23.0 Å². The molecular weight excluding hydrogens is 233 g/mol. The van der Waals surface area contributed by atoms with E-state index in [4.69, 9.17) is 5.73 Å². The van der Waals surface area contributed by atoms with E-state index >= 15 is 0 Å². The Morgan fingerprint density at radius 3 is 2.35 bits per heavy atom. The predicted molar refractivity (Wildman–Crippen MR) is 56.9 cm³/mol. The van der Waals surface area contributed by atoms with Crippen molar-refractivity contribution in [2.75, 3.05) is 6.54 Å². The largest absolute Gasteiger partial charge is 0.349 e. The lowest BCUT2D eigenvalue weighted by Crippen LogP contribution is -2.35. The molecule has 3 nitrogen and oxygen atoms in total. The lowest BCUT2D eigenvalue weighted by Gasteiger charge is -2.13. The Labute approximate surface area is 96.8 Å². The third kappa shape index (κ3) is 3.45. The molecule has 0 aromatic heterocycles. The second-order valence-corrected chi connectivity index (χ2v) is 3.70. The first-order valence-electron chi connectivity index (χ1n) is 5.11. The maximum atomic E-state index is 13.2. The van der Waals surface area contributed by atoms with Crippen LogP contribution in [0.25, 0.3) is 0 Å². The van der Waals surface area contributed by atoms with E-state index in [2.05, 4.69) is 5.32 Å². The standard InChI is InChI=1S/C11H13F3N2O/c1-6(2-3-15)16-11(17)10-8(13)4-7(12)5-9(10)14/h4-6H,2-3,15H2,1H3,(H,16,17). The van der Waals surface area contributed by atoms with E-state index in [-0.39, 0.29) is 6.04 Å². The monoisotopic (exact) mass is 246 g/mol. The summed E-state index contributed by atoms with van der Waals surface area (Å²) in [4.78, 5) is 11.5. The van der Waals surface area contributed by atoms with Crippen molar-refractivity contribution in [2.24, 2.45) is 5.73 Å². The average Bonchev–Trinajstić information content (AvgIpc) is 2.15. The minimum absolute atomic E-state index is 0.309. The molecule has 1 aromatic carbocycles. The van der Waals surface area contributed by atoms with Crippen LogP contribution in [0.15, 0.2) is 12.1 Å². The molecule has 0 spiro atoms. The first-order valence-corrected chi connectivity index (χ1v) is 5.11. The van der Waals surface area contributed by atoms with E-state index in [1.54, 1.807) is 6.92 Å². The highest BCUT2D eigenvalue weighted by atomic mass is 19.1. The maximum absolute atomic E-state index is 13.2. The summed E-state index contributed by atoms with van der Waals surface area (Å²) < 4.78 is 39.1. The molecule has 0 bridgehead atoms. The third-order valence-electron chi connectivity index (χ3n) is 2.21. The second-order valence-electron chi connectivity index (χ2n) is 3.70. The fraction of sp³-hybridized carbons (Fsp3) is 0.364. The molecule has 0 saturated carbocycles. The van der Waals surface area contributed by atoms with E-state index in [1.807, 2.05) is 0 Å². The highest BCUT2D eigenvalue weighted by molar-refractivity contribution is 5.94. The summed E-state index contributed by atoms with van der Waals surface area (Å²) in [7, 11) is 0. The molecule has 1 unspecified atom stereocenters. The van der Waals surface area contributed by atoms with Gasteiger partial charge in [0.2, 0.25) is 0 Å². The van der Waals surface area contributed by atoms with Crippen molar-refractivity contribution in [3.8, 4) is 0 Å². The van der Waals surface area contributed by atoms with Crippen LogP contribution in [0.2, 0.25) is 0 Å². The predicted octanol–water partition coefficient (Wildman–Crippen LogP) is 1.57. The molecule has 1 rings (SSSR count). The van der Waals surface area contributed by atoms with Crippen molar-refractivity contribution >= 4 is 5.91 Å². The molecule has 1 amide bonds. The highest BCUT2D eigenvalue weighted by Crippen LogP contribution is 2.14. The van der Waals surface area contributed by atoms with E-state index < -0.39 is 28.9 Å². The number of nitrogens with two attached hydrogens (primary N) is 1. The van der Waals surface area contributed by atoms with Gasteiger partial charge in [-0.1, -0.05) is 0 Å². The van der Waals surface area contributed by atoms with Crippen LogP contribution in [0.4, 0.5) is 13.2 Å². The number of amides is 1. The zero-order valence-corrected chi connectivity index (χ0v) is 9.27. The minimum Gasteiger partial charge on any atom is -0.349 e. The Morgan fingerprint density at radius 1 is 1.35 bits per heavy atom. The van der Waals surface area contributed by atoms with Crippen LogP contribution in [-0.4, -0.2) is 18.5 Å². The van der Waals surface area contributed by atoms with Gasteiger partial charge < -0.3 is 11.1 Å². The molecule has 0 saturated heterocycles. The van der Waals surface area contributed by atoms with Gasteiger partial charge in [0.15, 0.2) is 0 Å². The maximum Gasteiger partial charge on any atom is 0.257 e. The van der Waals surface area contributed by atoms with E-state index in [0.29, 0.717) is 25.1 Å². The van der Waals surface area contributed by atoms with Crippen molar-refractivity contribution in [1.29, 1.82) is 0 Å². The summed E-state index contributed by atoms with van der Waals surface area (Å²) in [5, 5.41) is 2.38. The Morgan fingerprint density at radius 2 is 1.88 bits per heavy atom. The number of rotatable bonds is 4. The number of nitrogens with one attached hydrogen (secondary N) is 1. The van der Waals surface area contributed by atoms with Gasteiger partial charge in [0, 0.05) is 18.2 Å². The Bertz CT molecular complexity index is 400. The van der Waals surface area contributed by atoms with Crippen LogP contribution in [-0.2, 0) is 0 Å². The molecule has 0 aliphatic carbocycles. The van der Waals surface area contributed by atoms with Crippen LogP contribution in [0.5, 0.6) is 0 Å². The second kappa shape index (κ2) is 5.67. The SMILES string of the molecule is CC(CCN)NC(=O)c1c(F)cc(F)cc1F. The van der Waals surface area contributed by atoms with Crippen LogP contribution in [0, 0.1) is 17.5 Å². The number of hydrogen-bond acceptors (Lipinski definition) is 2. The van der Waals surface area contributed by atoms with Crippen molar-refractivity contribution in [3.63, 3.8) is 0 Å². The van der Waals surface area contributed by atoms with E-state index in [0.717, 1.165) is 0 Å². The van der Waals surface area contributed by atoms with Gasteiger partial charge in [-0.05, 0) is 19.9 Å². The van der Waals surface area contributed by atoms with Crippen LogP contribution in [0.3, 0.4) is 0 Å². The molecule has 0 radical (unpaired) electrons. The molecule has 0 fully saturated rings. The molecule has 17 heavy (non-hydrogen) atoms. The Hall–Kier alpha value is -1.56. The van der Waals surface area contributed by atoms with Gasteiger partial charge in [0.25, 0.3) is 5.91 Å². The summed E-state index contributed by atoms with van der Waals surface area (Å²) in [5.74, 6) is -4.42. The fourth-order valence-electron chi connectivity index (χ4n) is 1.38. The molecule has 3 N–H and O–H groups in total. The Kier molecular flexibility index (Phi) is 4.51. The van der Waals surface area contributed by atoms with Gasteiger partial charge in [-0.3, -0.25) is 4.79 Å². The summed E-state index contributed by atoms with van der Waals surface area (Å²) in [5.41, 5.74) is 4.49. The summed E-state index contributed by atoms with van der Waals surface area (Å²) in [6, 6.07) is 0.619. The summed E-state index contributed by atoms with van der Waals surface area (Å²) in [6.07, 6.45) is 0.482. The first kappa shape index (κ1) is 13.5. The molecule has 1 atom stereocenters. The summed E-state index contributed by atoms with van der Waals surface area (Å²) >= 11 is 0. The smallest absolute Gasteiger partial charge is 0.257 e. The van der Waals surface area contributed by atoms with Crippen molar-refractivity contribution < 1.29 is 18.0 Å². The van der Waals surface area contributed by atoms with Gasteiger partial charge in [-0.2, -0.15) is 0 Å². The third-order valence-corrected chi connectivity index (χ3v) is 2.21. The molecule has 6 heteroatoms. The normalized spacial score (nSPS) is 12.3. The van der Waals surface area contributed by atoms with Crippen molar-refractivity contribution in [1.82, 2.24) is 5.32 Å². The zero-order valence-electron chi connectivity index (χ0n) is 9.27. The molecule has 0 aliphatic heterocycles. The van der Waals surface area contributed by atoms with Crippen LogP contribution in [0.1, 0.15) is 23.7 Å². The molecular formula is C11H13F3N2O.